The smallest absolute Gasteiger partial charge is 0.369 e. The molecule has 2 atom stereocenters. The number of primary amides is 1. The van der Waals surface area contributed by atoms with E-state index in [1.807, 2.05) is 11.8 Å². The minimum atomic E-state index is -4.28. The maximum absolute atomic E-state index is 12.5. The normalized spacial score (nSPS) is 24.2. The average Bonchev–Trinajstić information content (AvgIpc) is 2.76. The van der Waals surface area contributed by atoms with Crippen LogP contribution in [0.3, 0.4) is 0 Å². The Morgan fingerprint density at radius 2 is 2.19 bits per heavy atom. The summed E-state index contributed by atoms with van der Waals surface area (Å²) in [5.41, 5.74) is 5.33. The Kier molecular flexibility index (Phi) is 4.55. The third kappa shape index (κ3) is 4.20. The van der Waals surface area contributed by atoms with Crippen LogP contribution in [0.1, 0.15) is 25.6 Å². The summed E-state index contributed by atoms with van der Waals surface area (Å²) < 4.78 is 38.6. The van der Waals surface area contributed by atoms with Gasteiger partial charge in [-0.05, 0) is 19.8 Å². The van der Waals surface area contributed by atoms with E-state index in [4.69, 9.17) is 5.73 Å². The Morgan fingerprint density at radius 3 is 2.81 bits per heavy atom. The van der Waals surface area contributed by atoms with E-state index in [0.29, 0.717) is 12.4 Å². The largest absolute Gasteiger partial charge is 0.406 e. The highest BCUT2D eigenvalue weighted by Crippen LogP contribution is 2.24. The number of halogens is 3. The van der Waals surface area contributed by atoms with Gasteiger partial charge < -0.3 is 10.3 Å². The number of hydrogen-bond donors (Lipinski definition) is 1. The second-order valence-electron chi connectivity index (χ2n) is 5.54. The number of rotatable bonds is 4. The van der Waals surface area contributed by atoms with Gasteiger partial charge in [0.05, 0.1) is 12.5 Å². The van der Waals surface area contributed by atoms with Gasteiger partial charge in [-0.2, -0.15) is 13.2 Å². The van der Waals surface area contributed by atoms with Crippen molar-refractivity contribution in [1.82, 2.24) is 14.5 Å². The minimum Gasteiger partial charge on any atom is -0.369 e. The first-order valence-corrected chi connectivity index (χ1v) is 6.86. The number of hydrogen-bond acceptors (Lipinski definition) is 3. The van der Waals surface area contributed by atoms with E-state index in [1.165, 1.54) is 12.4 Å². The summed E-state index contributed by atoms with van der Waals surface area (Å²) in [7, 11) is 0. The first kappa shape index (κ1) is 15.8. The van der Waals surface area contributed by atoms with E-state index in [2.05, 4.69) is 4.98 Å². The lowest BCUT2D eigenvalue weighted by Gasteiger charge is -2.36. The maximum atomic E-state index is 12.5. The molecule has 1 fully saturated rings. The zero-order valence-corrected chi connectivity index (χ0v) is 11.8. The van der Waals surface area contributed by atoms with Crippen molar-refractivity contribution in [2.75, 3.05) is 6.54 Å². The molecule has 1 aromatic rings. The second-order valence-corrected chi connectivity index (χ2v) is 5.54. The molecule has 0 radical (unpaired) electrons. The summed E-state index contributed by atoms with van der Waals surface area (Å²) in [5, 5.41) is 0. The highest BCUT2D eigenvalue weighted by molar-refractivity contribution is 5.76. The second kappa shape index (κ2) is 6.05. The Balaban J connectivity index is 2.06. The summed E-state index contributed by atoms with van der Waals surface area (Å²) in [6, 6.07) is 0.191. The van der Waals surface area contributed by atoms with Crippen molar-refractivity contribution >= 4 is 5.91 Å². The molecule has 1 saturated heterocycles. The number of carbonyl (C=O) groups is 1. The molecule has 1 aromatic heterocycles. The first-order chi connectivity index (χ1) is 9.76. The van der Waals surface area contributed by atoms with Crippen molar-refractivity contribution in [1.29, 1.82) is 0 Å². The fourth-order valence-electron chi connectivity index (χ4n) is 2.64. The predicted octanol–water partition coefficient (Wildman–Crippen LogP) is 1.53. The van der Waals surface area contributed by atoms with Crippen molar-refractivity contribution in [3.8, 4) is 0 Å². The van der Waals surface area contributed by atoms with Crippen molar-refractivity contribution in [2.24, 2.45) is 11.7 Å². The number of piperidine rings is 1. The fraction of sp³-hybridized carbons (Fsp3) is 0.692. The summed E-state index contributed by atoms with van der Waals surface area (Å²) >= 11 is 0. The molecule has 0 saturated carbocycles. The molecule has 2 heterocycles. The number of likely N-dealkylation sites (tertiary alicyclic amines) is 1. The number of nitrogens with two attached hydrogens (primary N) is 1. The van der Waals surface area contributed by atoms with Gasteiger partial charge in [0, 0.05) is 25.0 Å². The van der Waals surface area contributed by atoms with E-state index in [1.54, 1.807) is 0 Å². The summed E-state index contributed by atoms with van der Waals surface area (Å²) in [5.74, 6) is -0.248. The van der Waals surface area contributed by atoms with Crippen molar-refractivity contribution in [3.63, 3.8) is 0 Å². The molecule has 118 valence electrons. The van der Waals surface area contributed by atoms with Gasteiger partial charge in [0.25, 0.3) is 0 Å². The Morgan fingerprint density at radius 1 is 1.48 bits per heavy atom. The summed E-state index contributed by atoms with van der Waals surface area (Å²) in [4.78, 5) is 17.3. The topological polar surface area (TPSA) is 64.2 Å². The number of nitrogens with zero attached hydrogens (tertiary/aromatic N) is 3. The van der Waals surface area contributed by atoms with Crippen LogP contribution in [0.5, 0.6) is 0 Å². The maximum Gasteiger partial charge on any atom is 0.406 e. The first-order valence-electron chi connectivity index (χ1n) is 6.86. The minimum absolute atomic E-state index is 0.191. The number of alkyl halides is 3. The van der Waals surface area contributed by atoms with Gasteiger partial charge in [0.1, 0.15) is 12.4 Å². The van der Waals surface area contributed by atoms with Crippen molar-refractivity contribution < 1.29 is 18.0 Å². The molecular formula is C13H19F3N4O. The number of carbonyl (C=O) groups excluding carboxylic acids is 1. The van der Waals surface area contributed by atoms with Crippen LogP contribution < -0.4 is 5.73 Å². The van der Waals surface area contributed by atoms with Crippen molar-refractivity contribution in [2.45, 2.75) is 45.1 Å². The van der Waals surface area contributed by atoms with E-state index >= 15 is 0 Å². The molecule has 1 amide bonds. The number of aromatic nitrogens is 2. The van der Waals surface area contributed by atoms with Gasteiger partial charge in [0.2, 0.25) is 5.91 Å². The van der Waals surface area contributed by atoms with E-state index in [0.717, 1.165) is 17.4 Å². The van der Waals surface area contributed by atoms with Crippen LogP contribution in [0.15, 0.2) is 12.4 Å². The Hall–Kier alpha value is -1.57. The van der Waals surface area contributed by atoms with Gasteiger partial charge in [-0.1, -0.05) is 0 Å². The van der Waals surface area contributed by atoms with Gasteiger partial charge >= 0.3 is 6.18 Å². The standard InChI is InChI=1S/C13H19F3N4O/c1-9-2-3-10(12(17)21)6-20(9)7-11-18-4-5-19(11)8-13(14,15)16/h4-5,9-10H,2-3,6-8H2,1H3,(H2,17,21)/t9-,10+/m0/s1. The quantitative estimate of drug-likeness (QED) is 0.917. The zero-order valence-electron chi connectivity index (χ0n) is 11.8. The molecule has 2 N–H and O–H groups in total. The van der Waals surface area contributed by atoms with Crippen LogP contribution in [-0.2, 0) is 17.9 Å². The molecule has 0 bridgehead atoms. The molecule has 0 spiro atoms. The lowest BCUT2D eigenvalue weighted by atomic mass is 9.93. The third-order valence-electron chi connectivity index (χ3n) is 3.91. The van der Waals surface area contributed by atoms with Crippen LogP contribution in [0.2, 0.25) is 0 Å². The molecule has 1 aliphatic heterocycles. The number of imidazole rings is 1. The molecule has 5 nitrogen and oxygen atoms in total. The SMILES string of the molecule is C[C@H]1CC[C@@H](C(N)=O)CN1Cc1nccn1CC(F)(F)F. The summed E-state index contributed by atoms with van der Waals surface area (Å²) in [6.45, 7) is 1.70. The Labute approximate surface area is 120 Å². The van der Waals surface area contributed by atoms with Crippen LogP contribution in [-0.4, -0.2) is 39.1 Å². The van der Waals surface area contributed by atoms with Crippen LogP contribution >= 0.6 is 0 Å². The lowest BCUT2D eigenvalue weighted by molar-refractivity contribution is -0.141. The monoisotopic (exact) mass is 304 g/mol. The molecule has 0 unspecified atom stereocenters. The highest BCUT2D eigenvalue weighted by Gasteiger charge is 2.31. The molecule has 8 heteroatoms. The highest BCUT2D eigenvalue weighted by atomic mass is 19.4. The lowest BCUT2D eigenvalue weighted by Crippen LogP contribution is -2.45. The summed E-state index contributed by atoms with van der Waals surface area (Å²) in [6.07, 6.45) is -0.0689. The van der Waals surface area contributed by atoms with Crippen LogP contribution in [0.4, 0.5) is 13.2 Å². The van der Waals surface area contributed by atoms with E-state index in [-0.39, 0.29) is 24.4 Å². The van der Waals surface area contributed by atoms with Gasteiger partial charge in [-0.3, -0.25) is 9.69 Å². The van der Waals surface area contributed by atoms with Crippen LogP contribution in [0, 0.1) is 5.92 Å². The third-order valence-corrected chi connectivity index (χ3v) is 3.91. The van der Waals surface area contributed by atoms with Crippen molar-refractivity contribution in [3.05, 3.63) is 18.2 Å². The molecular weight excluding hydrogens is 285 g/mol. The van der Waals surface area contributed by atoms with Gasteiger partial charge in [-0.15, -0.1) is 0 Å². The zero-order chi connectivity index (χ0) is 15.6. The number of amides is 1. The fourth-order valence-corrected chi connectivity index (χ4v) is 2.64. The predicted molar refractivity (Wildman–Crippen MR) is 70.1 cm³/mol. The van der Waals surface area contributed by atoms with Gasteiger partial charge in [-0.25, -0.2) is 4.98 Å². The molecule has 2 rings (SSSR count). The van der Waals surface area contributed by atoms with Gasteiger partial charge in [0.15, 0.2) is 0 Å². The molecule has 21 heavy (non-hydrogen) atoms. The average molecular weight is 304 g/mol. The molecule has 0 aromatic carbocycles. The molecule has 0 aliphatic carbocycles. The van der Waals surface area contributed by atoms with Crippen LogP contribution in [0.25, 0.3) is 0 Å². The van der Waals surface area contributed by atoms with E-state index < -0.39 is 12.7 Å². The Bertz CT molecular complexity index is 500. The molecule has 1 aliphatic rings. The van der Waals surface area contributed by atoms with E-state index in [9.17, 15) is 18.0 Å².